The Labute approximate surface area is 217 Å². The van der Waals surface area contributed by atoms with Crippen molar-refractivity contribution in [3.8, 4) is 0 Å². The predicted molar refractivity (Wildman–Crippen MR) is 131 cm³/mol. The number of amides is 2. The molecule has 1 saturated heterocycles. The van der Waals surface area contributed by atoms with Gasteiger partial charge in [-0.1, -0.05) is 31.2 Å². The number of ether oxygens (including phenoxy) is 2. The van der Waals surface area contributed by atoms with Crippen LogP contribution in [0.4, 0.5) is 23.2 Å². The third kappa shape index (κ3) is 6.46. The number of alkyl halides is 3. The van der Waals surface area contributed by atoms with E-state index in [2.05, 4.69) is 15.6 Å². The molecule has 0 unspecified atom stereocenters. The van der Waals surface area contributed by atoms with Crippen molar-refractivity contribution in [3.63, 3.8) is 0 Å². The minimum atomic E-state index is -4.78. The van der Waals surface area contributed by atoms with Crippen molar-refractivity contribution in [2.45, 2.75) is 44.2 Å². The fourth-order valence-electron chi connectivity index (χ4n) is 4.35. The van der Waals surface area contributed by atoms with Crippen LogP contribution in [0.5, 0.6) is 0 Å². The number of rotatable bonds is 11. The van der Waals surface area contributed by atoms with Crippen molar-refractivity contribution in [3.05, 3.63) is 59.2 Å². The molecule has 13 heteroatoms. The topological polar surface area (TPSA) is 142 Å². The molecule has 1 aliphatic heterocycles. The third-order valence-electron chi connectivity index (χ3n) is 6.67. The number of nitrogens with one attached hydrogen (secondary N) is 2. The van der Waals surface area contributed by atoms with Gasteiger partial charge in [0.1, 0.15) is 11.8 Å². The van der Waals surface area contributed by atoms with Gasteiger partial charge in [-0.25, -0.2) is 9.37 Å². The summed E-state index contributed by atoms with van der Waals surface area (Å²) in [5.41, 5.74) is 8.42. The molecule has 3 rings (SSSR count). The van der Waals surface area contributed by atoms with E-state index in [0.29, 0.717) is 44.6 Å². The Morgan fingerprint density at radius 3 is 2.50 bits per heavy atom. The van der Waals surface area contributed by atoms with Gasteiger partial charge in [-0.3, -0.25) is 9.59 Å². The molecular weight excluding hydrogens is 510 g/mol. The number of primary amides is 1. The van der Waals surface area contributed by atoms with Crippen molar-refractivity contribution in [2.24, 2.45) is 17.4 Å². The first-order valence-corrected chi connectivity index (χ1v) is 12.0. The number of nitrogens with two attached hydrogens (primary N) is 2. The Morgan fingerprint density at radius 1 is 1.21 bits per heavy atom. The van der Waals surface area contributed by atoms with Gasteiger partial charge < -0.3 is 31.6 Å². The Bertz CT molecular complexity index is 1130. The quantitative estimate of drug-likeness (QED) is 0.253. The minimum Gasteiger partial charge on any atom is -0.379 e. The monoisotopic (exact) mass is 541 g/mol. The van der Waals surface area contributed by atoms with Crippen LogP contribution >= 0.6 is 0 Å². The van der Waals surface area contributed by atoms with E-state index in [1.807, 2.05) is 0 Å². The fraction of sp³-hybridized carbons (Fsp3) is 0.480. The number of halogens is 4. The normalized spacial score (nSPS) is 23.4. The lowest BCUT2D eigenvalue weighted by Crippen LogP contribution is -2.47. The van der Waals surface area contributed by atoms with Gasteiger partial charge in [0.05, 0.1) is 25.1 Å². The Balaban J connectivity index is 1.83. The van der Waals surface area contributed by atoms with Gasteiger partial charge in [0.25, 0.3) is 11.8 Å². The SMILES string of the molecule is C[C@H]1[C@@H](c2ccc(CNCCOCCN)cc2)[C@H](C(=O)Nc2cc(C(N)=O)ncc2F)O[C@@]1(C)C(F)(F)F. The average molecular weight is 542 g/mol. The maximum absolute atomic E-state index is 14.3. The summed E-state index contributed by atoms with van der Waals surface area (Å²) in [4.78, 5) is 28.1. The standard InChI is InChI=1S/C25H31F4N5O4/c1-14-20(16-5-3-15(4-6-16)12-32-8-10-37-9-7-30)21(38-24(14,2)25(27,28)29)23(36)34-18-11-19(22(31)35)33-13-17(18)26/h3-6,11,13-14,20-21,32H,7-10,12,30H2,1-2H3,(H2,31,35)(H,33,34,36)/t14-,20-,21+,24+/m0/s1. The molecule has 1 aromatic carbocycles. The van der Waals surface area contributed by atoms with Crippen molar-refractivity contribution in [2.75, 3.05) is 31.6 Å². The molecule has 2 aromatic rings. The first-order valence-electron chi connectivity index (χ1n) is 12.0. The second kappa shape index (κ2) is 12.2. The molecule has 2 amide bonds. The Morgan fingerprint density at radius 2 is 1.89 bits per heavy atom. The summed E-state index contributed by atoms with van der Waals surface area (Å²) >= 11 is 0. The van der Waals surface area contributed by atoms with E-state index in [0.717, 1.165) is 18.6 Å². The van der Waals surface area contributed by atoms with Crippen LogP contribution in [0.2, 0.25) is 0 Å². The Kier molecular flexibility index (Phi) is 9.41. The molecule has 208 valence electrons. The van der Waals surface area contributed by atoms with Crippen molar-refractivity contribution in [1.29, 1.82) is 0 Å². The van der Waals surface area contributed by atoms with E-state index in [1.165, 1.54) is 6.92 Å². The summed E-state index contributed by atoms with van der Waals surface area (Å²) < 4.78 is 67.2. The number of carbonyl (C=O) groups excluding carboxylic acids is 2. The summed E-state index contributed by atoms with van der Waals surface area (Å²) in [5.74, 6) is -5.13. The van der Waals surface area contributed by atoms with Crippen molar-refractivity contribution >= 4 is 17.5 Å². The summed E-state index contributed by atoms with van der Waals surface area (Å²) in [6.45, 7) is 4.72. The molecule has 0 bridgehead atoms. The van der Waals surface area contributed by atoms with E-state index >= 15 is 0 Å². The molecule has 1 fully saturated rings. The smallest absolute Gasteiger partial charge is 0.379 e. The molecule has 6 N–H and O–H groups in total. The largest absolute Gasteiger partial charge is 0.417 e. The molecule has 0 spiro atoms. The van der Waals surface area contributed by atoms with Crippen LogP contribution in [-0.4, -0.2) is 61.0 Å². The maximum atomic E-state index is 14.3. The summed E-state index contributed by atoms with van der Waals surface area (Å²) in [7, 11) is 0. The van der Waals surface area contributed by atoms with Crippen LogP contribution in [0.15, 0.2) is 36.5 Å². The average Bonchev–Trinajstić information content (AvgIpc) is 3.14. The van der Waals surface area contributed by atoms with Crippen molar-refractivity contribution in [1.82, 2.24) is 10.3 Å². The molecule has 4 atom stereocenters. The highest BCUT2D eigenvalue weighted by Crippen LogP contribution is 2.53. The van der Waals surface area contributed by atoms with E-state index in [4.69, 9.17) is 20.9 Å². The Hall–Kier alpha value is -3.13. The van der Waals surface area contributed by atoms with E-state index < -0.39 is 53.0 Å². The second-order valence-electron chi connectivity index (χ2n) is 9.18. The number of pyridine rings is 1. The van der Waals surface area contributed by atoms with E-state index in [-0.39, 0.29) is 5.69 Å². The molecule has 0 radical (unpaired) electrons. The lowest BCUT2D eigenvalue weighted by Gasteiger charge is -2.31. The zero-order chi connectivity index (χ0) is 28.1. The van der Waals surface area contributed by atoms with Crippen LogP contribution in [0, 0.1) is 11.7 Å². The lowest BCUT2D eigenvalue weighted by molar-refractivity contribution is -0.272. The van der Waals surface area contributed by atoms with Crippen LogP contribution in [-0.2, 0) is 20.8 Å². The summed E-state index contributed by atoms with van der Waals surface area (Å²) in [6, 6.07) is 7.69. The van der Waals surface area contributed by atoms with Crippen LogP contribution < -0.4 is 22.1 Å². The number of anilines is 1. The second-order valence-corrected chi connectivity index (χ2v) is 9.18. The highest BCUT2D eigenvalue weighted by Gasteiger charge is 2.65. The van der Waals surface area contributed by atoms with Crippen LogP contribution in [0.25, 0.3) is 0 Å². The zero-order valence-electron chi connectivity index (χ0n) is 21.0. The first-order chi connectivity index (χ1) is 17.9. The lowest BCUT2D eigenvalue weighted by atomic mass is 9.77. The van der Waals surface area contributed by atoms with Gasteiger partial charge >= 0.3 is 6.18 Å². The highest BCUT2D eigenvalue weighted by atomic mass is 19.4. The highest BCUT2D eigenvalue weighted by molar-refractivity contribution is 5.97. The number of hydrogen-bond acceptors (Lipinski definition) is 7. The van der Waals surface area contributed by atoms with Crippen molar-refractivity contribution < 1.29 is 36.6 Å². The zero-order valence-corrected chi connectivity index (χ0v) is 21.0. The van der Waals surface area contributed by atoms with Crippen LogP contribution in [0.3, 0.4) is 0 Å². The fourth-order valence-corrected chi connectivity index (χ4v) is 4.35. The number of benzene rings is 1. The van der Waals surface area contributed by atoms with E-state index in [1.54, 1.807) is 24.3 Å². The van der Waals surface area contributed by atoms with Gasteiger partial charge in [-0.15, -0.1) is 0 Å². The number of nitrogens with zero attached hydrogens (tertiary/aromatic N) is 1. The molecule has 0 aliphatic carbocycles. The molecule has 38 heavy (non-hydrogen) atoms. The minimum absolute atomic E-state index is 0.325. The molecule has 9 nitrogen and oxygen atoms in total. The van der Waals surface area contributed by atoms with Gasteiger partial charge in [0.2, 0.25) is 0 Å². The summed E-state index contributed by atoms with van der Waals surface area (Å²) in [6.07, 6.45) is -5.70. The number of hydrogen-bond donors (Lipinski definition) is 4. The van der Waals surface area contributed by atoms with Gasteiger partial charge in [-0.05, 0) is 24.1 Å². The third-order valence-corrected chi connectivity index (χ3v) is 6.67. The van der Waals surface area contributed by atoms with Gasteiger partial charge in [0.15, 0.2) is 11.4 Å². The number of aromatic nitrogens is 1. The molecule has 1 aliphatic rings. The van der Waals surface area contributed by atoms with E-state index in [9.17, 15) is 27.2 Å². The summed E-state index contributed by atoms with van der Waals surface area (Å²) in [5, 5.41) is 5.42. The molecule has 2 heterocycles. The van der Waals surface area contributed by atoms with Gasteiger partial charge in [0, 0.05) is 31.5 Å². The van der Waals surface area contributed by atoms with Crippen LogP contribution in [0.1, 0.15) is 41.4 Å². The van der Waals surface area contributed by atoms with Gasteiger partial charge in [-0.2, -0.15) is 13.2 Å². The maximum Gasteiger partial charge on any atom is 0.417 e. The first kappa shape index (κ1) is 29.4. The predicted octanol–water partition coefficient (Wildman–Crippen LogP) is 2.46. The number of carbonyl (C=O) groups is 2. The molecular formula is C25H31F4N5O4. The molecule has 0 saturated carbocycles. The molecule has 1 aromatic heterocycles.